The van der Waals surface area contributed by atoms with E-state index in [2.05, 4.69) is 13.8 Å². The van der Waals surface area contributed by atoms with Gasteiger partial charge in [0.05, 0.1) is 17.2 Å². The number of ether oxygens (including phenoxy) is 2. The lowest BCUT2D eigenvalue weighted by Gasteiger charge is -2.27. The fraction of sp³-hybridized carbons (Fsp3) is 0.600. The maximum Gasteiger partial charge on any atom is 0.138 e. The molecule has 0 aliphatic carbocycles. The second kappa shape index (κ2) is 4.97. The highest BCUT2D eigenvalue weighted by Crippen LogP contribution is 2.40. The van der Waals surface area contributed by atoms with Crippen molar-refractivity contribution < 1.29 is 14.6 Å². The van der Waals surface area contributed by atoms with E-state index < -0.39 is 0 Å². The summed E-state index contributed by atoms with van der Waals surface area (Å²) in [7, 11) is 0. The zero-order chi connectivity index (χ0) is 14.3. The molecular weight excluding hydrogens is 264 g/mol. The summed E-state index contributed by atoms with van der Waals surface area (Å²) in [5.41, 5.74) is 0.244. The molecule has 1 fully saturated rings. The van der Waals surface area contributed by atoms with Crippen molar-refractivity contribution in [2.24, 2.45) is 0 Å². The molecule has 0 aromatic heterocycles. The molecule has 1 aliphatic heterocycles. The highest BCUT2D eigenvalue weighted by Gasteiger charge is 2.47. The van der Waals surface area contributed by atoms with Gasteiger partial charge in [0.1, 0.15) is 17.5 Å². The second-order valence-corrected chi connectivity index (χ2v) is 6.61. The summed E-state index contributed by atoms with van der Waals surface area (Å²) in [4.78, 5) is 0. The molecule has 19 heavy (non-hydrogen) atoms. The Kier molecular flexibility index (Phi) is 3.83. The zero-order valence-corrected chi connectivity index (χ0v) is 12.6. The van der Waals surface area contributed by atoms with Crippen LogP contribution in [0.2, 0.25) is 5.02 Å². The van der Waals surface area contributed by atoms with Gasteiger partial charge >= 0.3 is 0 Å². The maximum atomic E-state index is 9.07. The number of aliphatic hydroxyl groups excluding tert-OH is 1. The normalized spacial score (nSPS) is 24.4. The van der Waals surface area contributed by atoms with Gasteiger partial charge in [0.2, 0.25) is 0 Å². The first-order chi connectivity index (χ1) is 8.73. The Labute approximate surface area is 119 Å². The van der Waals surface area contributed by atoms with Crippen LogP contribution in [-0.2, 0) is 11.3 Å². The zero-order valence-electron chi connectivity index (χ0n) is 11.9. The highest BCUT2D eigenvalue weighted by molar-refractivity contribution is 6.32. The molecule has 1 saturated heterocycles. The quantitative estimate of drug-likeness (QED) is 0.922. The fourth-order valence-corrected chi connectivity index (χ4v) is 2.83. The van der Waals surface area contributed by atoms with E-state index in [1.54, 1.807) is 12.1 Å². The molecule has 1 aliphatic rings. The fourth-order valence-electron chi connectivity index (χ4n) is 2.59. The Balaban J connectivity index is 2.18. The van der Waals surface area contributed by atoms with Gasteiger partial charge in [-0.1, -0.05) is 17.7 Å². The third kappa shape index (κ3) is 3.22. The highest BCUT2D eigenvalue weighted by atomic mass is 35.5. The van der Waals surface area contributed by atoms with Crippen LogP contribution in [0.5, 0.6) is 5.75 Å². The molecule has 106 valence electrons. The van der Waals surface area contributed by atoms with Crippen molar-refractivity contribution in [3.8, 4) is 5.75 Å². The van der Waals surface area contributed by atoms with Crippen LogP contribution in [0, 0.1) is 0 Å². The molecule has 0 amide bonds. The lowest BCUT2D eigenvalue weighted by Crippen LogP contribution is -2.36. The Morgan fingerprint density at radius 1 is 1.37 bits per heavy atom. The van der Waals surface area contributed by atoms with Crippen molar-refractivity contribution in [2.45, 2.75) is 58.0 Å². The topological polar surface area (TPSA) is 38.7 Å². The van der Waals surface area contributed by atoms with Crippen molar-refractivity contribution in [3.05, 3.63) is 28.8 Å². The van der Waals surface area contributed by atoms with Crippen LogP contribution in [-0.4, -0.2) is 22.4 Å². The van der Waals surface area contributed by atoms with Crippen LogP contribution in [0.15, 0.2) is 18.2 Å². The molecule has 0 spiro atoms. The summed E-state index contributed by atoms with van der Waals surface area (Å²) in [5.74, 6) is 0.637. The first kappa shape index (κ1) is 14.6. The van der Waals surface area contributed by atoms with Crippen molar-refractivity contribution in [1.29, 1.82) is 0 Å². The van der Waals surface area contributed by atoms with E-state index in [0.29, 0.717) is 10.8 Å². The predicted molar refractivity (Wildman–Crippen MR) is 75.7 cm³/mol. The summed E-state index contributed by atoms with van der Waals surface area (Å²) in [6, 6.07) is 5.34. The molecule has 1 aromatic carbocycles. The first-order valence-corrected chi connectivity index (χ1v) is 6.87. The van der Waals surface area contributed by atoms with E-state index in [0.717, 1.165) is 12.0 Å². The molecule has 0 radical (unpaired) electrons. The molecule has 1 heterocycles. The van der Waals surface area contributed by atoms with Crippen LogP contribution in [0.25, 0.3) is 0 Å². The Bertz CT molecular complexity index is 468. The molecule has 1 aromatic rings. The van der Waals surface area contributed by atoms with Gasteiger partial charge in [-0.25, -0.2) is 0 Å². The third-order valence-electron chi connectivity index (χ3n) is 3.44. The van der Waals surface area contributed by atoms with Crippen LogP contribution < -0.4 is 4.74 Å². The van der Waals surface area contributed by atoms with Crippen molar-refractivity contribution in [1.82, 2.24) is 0 Å². The molecule has 0 bridgehead atoms. The molecule has 1 N–H and O–H groups in total. The van der Waals surface area contributed by atoms with Gasteiger partial charge in [0.15, 0.2) is 0 Å². The summed E-state index contributed by atoms with van der Waals surface area (Å²) >= 11 is 6.17. The average molecular weight is 285 g/mol. The van der Waals surface area contributed by atoms with E-state index in [1.807, 2.05) is 19.9 Å². The van der Waals surface area contributed by atoms with Crippen molar-refractivity contribution in [2.75, 3.05) is 0 Å². The van der Waals surface area contributed by atoms with Gasteiger partial charge < -0.3 is 14.6 Å². The molecular formula is C15H21ClO3. The Hall–Kier alpha value is -0.770. The summed E-state index contributed by atoms with van der Waals surface area (Å²) in [6.07, 6.45) is 0.776. The van der Waals surface area contributed by atoms with E-state index in [4.69, 9.17) is 26.2 Å². The summed E-state index contributed by atoms with van der Waals surface area (Å²) < 4.78 is 12.0. The van der Waals surface area contributed by atoms with Crippen LogP contribution in [0.1, 0.15) is 39.7 Å². The van der Waals surface area contributed by atoms with E-state index >= 15 is 0 Å². The van der Waals surface area contributed by atoms with E-state index in [9.17, 15) is 0 Å². The van der Waals surface area contributed by atoms with Crippen molar-refractivity contribution >= 4 is 11.6 Å². The van der Waals surface area contributed by atoms with Crippen LogP contribution in [0.4, 0.5) is 0 Å². The Morgan fingerprint density at radius 2 is 2.05 bits per heavy atom. The molecule has 4 heteroatoms. The summed E-state index contributed by atoms with van der Waals surface area (Å²) in [6.45, 7) is 8.17. The van der Waals surface area contributed by atoms with Gasteiger partial charge in [-0.15, -0.1) is 0 Å². The van der Waals surface area contributed by atoms with E-state index in [-0.39, 0.29) is 23.9 Å². The first-order valence-electron chi connectivity index (χ1n) is 6.50. The molecule has 1 unspecified atom stereocenters. The largest absolute Gasteiger partial charge is 0.486 e. The second-order valence-electron chi connectivity index (χ2n) is 6.20. The lowest BCUT2D eigenvalue weighted by molar-refractivity contribution is -0.0845. The monoisotopic (exact) mass is 284 g/mol. The van der Waals surface area contributed by atoms with Gasteiger partial charge in [0.25, 0.3) is 0 Å². The number of halogens is 1. The van der Waals surface area contributed by atoms with Gasteiger partial charge in [-0.2, -0.15) is 0 Å². The summed E-state index contributed by atoms with van der Waals surface area (Å²) in [5, 5.41) is 9.59. The third-order valence-corrected chi connectivity index (χ3v) is 3.74. The minimum atomic E-state index is -0.345. The smallest absolute Gasteiger partial charge is 0.138 e. The van der Waals surface area contributed by atoms with E-state index in [1.165, 1.54) is 0 Å². The van der Waals surface area contributed by atoms with Gasteiger partial charge in [0, 0.05) is 6.42 Å². The SMILES string of the molecule is CC1(C)CC(Oc2ccc(CO)cc2Cl)C(C)(C)O1. The average Bonchev–Trinajstić information content (AvgIpc) is 2.49. The number of hydrogen-bond acceptors (Lipinski definition) is 3. The minimum absolute atomic E-state index is 0.0228. The predicted octanol–water partition coefficient (Wildman–Crippen LogP) is 3.56. The lowest BCUT2D eigenvalue weighted by atomic mass is 9.97. The molecule has 1 atom stereocenters. The molecule has 0 saturated carbocycles. The van der Waals surface area contributed by atoms with Gasteiger partial charge in [-0.3, -0.25) is 0 Å². The maximum absolute atomic E-state index is 9.07. The minimum Gasteiger partial charge on any atom is -0.486 e. The number of hydrogen-bond donors (Lipinski definition) is 1. The number of benzene rings is 1. The van der Waals surface area contributed by atoms with Crippen LogP contribution >= 0.6 is 11.6 Å². The Morgan fingerprint density at radius 3 is 2.53 bits per heavy atom. The van der Waals surface area contributed by atoms with Gasteiger partial charge in [-0.05, 0) is 45.4 Å². The molecule has 3 nitrogen and oxygen atoms in total. The standard InChI is InChI=1S/C15H21ClO3/c1-14(2)8-13(15(3,4)19-14)18-12-6-5-10(9-17)7-11(12)16/h5-7,13,17H,8-9H2,1-4H3. The van der Waals surface area contributed by atoms with Crippen LogP contribution in [0.3, 0.4) is 0 Å². The molecule has 2 rings (SSSR count). The number of aliphatic hydroxyl groups is 1. The number of rotatable bonds is 3. The van der Waals surface area contributed by atoms with Crippen molar-refractivity contribution in [3.63, 3.8) is 0 Å².